The van der Waals surface area contributed by atoms with Crippen LogP contribution in [0.15, 0.2) is 60.7 Å². The molecule has 0 spiro atoms. The monoisotopic (exact) mass is 458 g/mol. The Morgan fingerprint density at radius 2 is 1.75 bits per heavy atom. The summed E-state index contributed by atoms with van der Waals surface area (Å²) < 4.78 is 42.0. The Morgan fingerprint density at radius 1 is 1.09 bits per heavy atom. The van der Waals surface area contributed by atoms with Crippen LogP contribution in [0.5, 0.6) is 0 Å². The van der Waals surface area contributed by atoms with Crippen molar-refractivity contribution in [2.75, 3.05) is 0 Å². The molecule has 0 fully saturated rings. The molecule has 5 nitrogen and oxygen atoms in total. The van der Waals surface area contributed by atoms with E-state index in [0.717, 1.165) is 17.2 Å². The molecule has 0 aliphatic carbocycles. The highest BCUT2D eigenvalue weighted by molar-refractivity contribution is 6.36. The highest BCUT2D eigenvalue weighted by Crippen LogP contribution is 2.34. The number of nitrogens with one attached hydrogen (secondary N) is 1. The number of nitrogens with zero attached hydrogens (tertiary/aromatic N) is 3. The lowest BCUT2D eigenvalue weighted by Crippen LogP contribution is -2.27. The minimum atomic E-state index is -4.74. The molecule has 32 heavy (non-hydrogen) atoms. The fourth-order valence-corrected chi connectivity index (χ4v) is 3.55. The molecule has 2 heterocycles. The van der Waals surface area contributed by atoms with Gasteiger partial charge in [-0.2, -0.15) is 18.3 Å². The van der Waals surface area contributed by atoms with Gasteiger partial charge in [0.2, 0.25) is 0 Å². The molecule has 2 aromatic heterocycles. The number of carbonyl (C=O) groups excluding carboxylic acids is 1. The Balaban J connectivity index is 1.79. The van der Waals surface area contributed by atoms with Crippen LogP contribution in [-0.2, 0) is 6.18 Å². The molecule has 2 aromatic carbocycles. The van der Waals surface area contributed by atoms with Gasteiger partial charge in [0.1, 0.15) is 5.02 Å². The summed E-state index contributed by atoms with van der Waals surface area (Å²) in [6.07, 6.45) is -4.74. The van der Waals surface area contributed by atoms with Gasteiger partial charge in [-0.05, 0) is 25.5 Å². The van der Waals surface area contributed by atoms with E-state index in [1.807, 2.05) is 37.3 Å². The van der Waals surface area contributed by atoms with Crippen LogP contribution in [0.1, 0.15) is 40.3 Å². The van der Waals surface area contributed by atoms with Crippen LogP contribution in [0.4, 0.5) is 13.2 Å². The zero-order valence-electron chi connectivity index (χ0n) is 17.1. The van der Waals surface area contributed by atoms with Crippen molar-refractivity contribution in [1.29, 1.82) is 0 Å². The lowest BCUT2D eigenvalue weighted by molar-refractivity contribution is -0.142. The maximum Gasteiger partial charge on any atom is 0.433 e. The number of aryl methyl sites for hydroxylation is 1. The normalized spacial score (nSPS) is 12.7. The van der Waals surface area contributed by atoms with Crippen LogP contribution < -0.4 is 5.32 Å². The summed E-state index contributed by atoms with van der Waals surface area (Å²) >= 11 is 6.31. The highest BCUT2D eigenvalue weighted by Gasteiger charge is 2.36. The predicted molar refractivity (Wildman–Crippen MR) is 115 cm³/mol. The molecule has 1 N–H and O–H groups in total. The molecule has 0 radical (unpaired) electrons. The van der Waals surface area contributed by atoms with Crippen LogP contribution in [0, 0.1) is 6.92 Å². The predicted octanol–water partition coefficient (Wildman–Crippen LogP) is 5.87. The largest absolute Gasteiger partial charge is 0.433 e. The fourth-order valence-electron chi connectivity index (χ4n) is 3.30. The van der Waals surface area contributed by atoms with E-state index in [0.29, 0.717) is 10.1 Å². The van der Waals surface area contributed by atoms with Crippen molar-refractivity contribution in [3.8, 4) is 11.3 Å². The van der Waals surface area contributed by atoms with Gasteiger partial charge in [0, 0.05) is 5.56 Å². The highest BCUT2D eigenvalue weighted by atomic mass is 35.5. The zero-order valence-corrected chi connectivity index (χ0v) is 17.9. The third-order valence-electron chi connectivity index (χ3n) is 5.03. The number of fused-ring (bicyclic) bond motifs is 1. The van der Waals surface area contributed by atoms with Crippen LogP contribution in [-0.4, -0.2) is 20.5 Å². The molecular weight excluding hydrogens is 441 g/mol. The molecule has 1 amide bonds. The summed E-state index contributed by atoms with van der Waals surface area (Å²) in [5.74, 6) is -0.693. The Labute approximate surface area is 186 Å². The number of amides is 1. The second-order valence-electron chi connectivity index (χ2n) is 7.39. The first-order valence-electron chi connectivity index (χ1n) is 9.74. The van der Waals surface area contributed by atoms with Crippen molar-refractivity contribution >= 4 is 23.2 Å². The van der Waals surface area contributed by atoms with Crippen LogP contribution in [0.2, 0.25) is 5.02 Å². The van der Waals surface area contributed by atoms with Crippen molar-refractivity contribution in [2.45, 2.75) is 26.1 Å². The standard InChI is InChI=1S/C23H18ClF3N4O/c1-13-8-10-16(11-9-13)17-12-18(23(25,26)27)31-21(29-17)19(24)20(30-31)22(32)28-14(2)15-6-4-3-5-7-15/h3-12,14H,1-2H3,(H,28,32)/t14-/m0/s1. The molecule has 0 bridgehead atoms. The summed E-state index contributed by atoms with van der Waals surface area (Å²) in [5.41, 5.74) is 0.718. The number of hydrogen-bond acceptors (Lipinski definition) is 3. The minimum Gasteiger partial charge on any atom is -0.344 e. The first-order chi connectivity index (χ1) is 15.1. The number of carbonyl (C=O) groups is 1. The van der Waals surface area contributed by atoms with E-state index in [9.17, 15) is 18.0 Å². The van der Waals surface area contributed by atoms with Crippen molar-refractivity contribution < 1.29 is 18.0 Å². The van der Waals surface area contributed by atoms with E-state index in [1.165, 1.54) is 0 Å². The summed E-state index contributed by atoms with van der Waals surface area (Å²) in [7, 11) is 0. The number of benzene rings is 2. The van der Waals surface area contributed by atoms with Crippen LogP contribution >= 0.6 is 11.6 Å². The quantitative estimate of drug-likeness (QED) is 0.416. The molecule has 0 aliphatic heterocycles. The first-order valence-corrected chi connectivity index (χ1v) is 10.1. The van der Waals surface area contributed by atoms with Gasteiger partial charge in [0.15, 0.2) is 17.0 Å². The minimum absolute atomic E-state index is 0.0798. The fraction of sp³-hybridized carbons (Fsp3) is 0.174. The lowest BCUT2D eigenvalue weighted by Gasteiger charge is -2.13. The van der Waals surface area contributed by atoms with Gasteiger partial charge in [-0.3, -0.25) is 4.79 Å². The third-order valence-corrected chi connectivity index (χ3v) is 5.38. The van der Waals surface area contributed by atoms with Gasteiger partial charge in [-0.15, -0.1) is 0 Å². The molecule has 1 atom stereocenters. The van der Waals surface area contributed by atoms with E-state index in [4.69, 9.17) is 11.6 Å². The maximum atomic E-state index is 13.8. The molecule has 9 heteroatoms. The molecule has 0 saturated carbocycles. The second kappa shape index (κ2) is 8.27. The van der Waals surface area contributed by atoms with Crippen LogP contribution in [0.3, 0.4) is 0 Å². The topological polar surface area (TPSA) is 59.3 Å². The molecule has 4 aromatic rings. The SMILES string of the molecule is Cc1ccc(-c2cc(C(F)(F)F)n3nc(C(=O)N[C@@H](C)c4ccccc4)c(Cl)c3n2)cc1. The van der Waals surface area contributed by atoms with E-state index < -0.39 is 23.8 Å². The van der Waals surface area contributed by atoms with E-state index in [1.54, 1.807) is 31.2 Å². The van der Waals surface area contributed by atoms with Gasteiger partial charge in [-0.1, -0.05) is 71.8 Å². The van der Waals surface area contributed by atoms with Crippen molar-refractivity contribution in [3.63, 3.8) is 0 Å². The zero-order chi connectivity index (χ0) is 23.0. The molecule has 0 saturated heterocycles. The lowest BCUT2D eigenvalue weighted by atomic mass is 10.1. The summed E-state index contributed by atoms with van der Waals surface area (Å²) in [4.78, 5) is 17.1. The Hall–Kier alpha value is -3.39. The van der Waals surface area contributed by atoms with Crippen molar-refractivity contribution in [1.82, 2.24) is 19.9 Å². The van der Waals surface area contributed by atoms with Gasteiger partial charge in [0.05, 0.1) is 11.7 Å². The number of aromatic nitrogens is 3. The summed E-state index contributed by atoms with van der Waals surface area (Å²) in [6.45, 7) is 3.63. The Kier molecular flexibility index (Phi) is 5.64. The van der Waals surface area contributed by atoms with Crippen molar-refractivity contribution in [3.05, 3.63) is 88.2 Å². The van der Waals surface area contributed by atoms with Gasteiger partial charge >= 0.3 is 6.18 Å². The maximum absolute atomic E-state index is 13.8. The van der Waals surface area contributed by atoms with Gasteiger partial charge in [0.25, 0.3) is 5.91 Å². The molecule has 0 aliphatic rings. The number of hydrogen-bond donors (Lipinski definition) is 1. The smallest absolute Gasteiger partial charge is 0.344 e. The Bertz CT molecular complexity index is 1280. The second-order valence-corrected chi connectivity index (χ2v) is 7.77. The van der Waals surface area contributed by atoms with E-state index in [-0.39, 0.29) is 22.1 Å². The summed E-state index contributed by atoms with van der Waals surface area (Å²) in [5, 5.41) is 6.33. The Morgan fingerprint density at radius 3 is 2.38 bits per heavy atom. The average molecular weight is 459 g/mol. The molecule has 4 rings (SSSR count). The molecular formula is C23H18ClF3N4O. The number of alkyl halides is 3. The molecule has 0 unspecified atom stereocenters. The van der Waals surface area contributed by atoms with E-state index >= 15 is 0 Å². The average Bonchev–Trinajstić information content (AvgIpc) is 3.10. The number of halogens is 4. The van der Waals surface area contributed by atoms with Crippen LogP contribution in [0.25, 0.3) is 16.9 Å². The van der Waals surface area contributed by atoms with E-state index in [2.05, 4.69) is 15.4 Å². The van der Waals surface area contributed by atoms with Gasteiger partial charge in [-0.25, -0.2) is 9.50 Å². The summed E-state index contributed by atoms with van der Waals surface area (Å²) in [6, 6.07) is 16.5. The number of rotatable bonds is 4. The molecule has 164 valence electrons. The van der Waals surface area contributed by atoms with Crippen molar-refractivity contribution in [2.24, 2.45) is 0 Å². The first kappa shape index (κ1) is 21.8. The van der Waals surface area contributed by atoms with Gasteiger partial charge < -0.3 is 5.32 Å². The third kappa shape index (κ3) is 4.18.